The second-order valence-electron chi connectivity index (χ2n) is 2.37. The Morgan fingerprint density at radius 2 is 2.17 bits per heavy atom. The van der Waals surface area contributed by atoms with Crippen LogP contribution in [0, 0.1) is 0 Å². The number of halogens is 1. The molecule has 0 saturated heterocycles. The van der Waals surface area contributed by atoms with Crippen molar-refractivity contribution in [1.29, 1.82) is 0 Å². The molecule has 5 heteroatoms. The van der Waals surface area contributed by atoms with Gasteiger partial charge in [-0.1, -0.05) is 13.0 Å². The Hall–Kier alpha value is -0.0600. The largest absolute Gasteiger partial charge is 0.228 e. The first kappa shape index (κ1) is 11.9. The van der Waals surface area contributed by atoms with Gasteiger partial charge in [-0.3, -0.25) is 0 Å². The molecule has 0 fully saturated rings. The van der Waals surface area contributed by atoms with Crippen LogP contribution in [0.25, 0.3) is 0 Å². The molecule has 0 aromatic heterocycles. The standard InChI is InChI=1S/C7H14ClNO2S/c1-3-5-9(6-4-2)12(10,11)7-8/h3H,1,4-7H2,2H3. The summed E-state index contributed by atoms with van der Waals surface area (Å²) in [5.74, 6) is 0. The number of hydrogen-bond donors (Lipinski definition) is 0. The molecule has 0 spiro atoms. The molecule has 12 heavy (non-hydrogen) atoms. The van der Waals surface area contributed by atoms with Crippen LogP contribution in [0.5, 0.6) is 0 Å². The van der Waals surface area contributed by atoms with Crippen molar-refractivity contribution in [3.05, 3.63) is 12.7 Å². The van der Waals surface area contributed by atoms with E-state index in [4.69, 9.17) is 11.6 Å². The molecule has 0 aliphatic rings. The van der Waals surface area contributed by atoms with Gasteiger partial charge >= 0.3 is 0 Å². The molecule has 0 radical (unpaired) electrons. The van der Waals surface area contributed by atoms with Crippen LogP contribution in [-0.4, -0.2) is 31.0 Å². The van der Waals surface area contributed by atoms with Crippen molar-refractivity contribution in [2.45, 2.75) is 13.3 Å². The SMILES string of the molecule is C=CCN(CCC)S(=O)(=O)CCl. The fourth-order valence-electron chi connectivity index (χ4n) is 0.806. The number of hydrogen-bond acceptors (Lipinski definition) is 2. The number of nitrogens with zero attached hydrogens (tertiary/aromatic N) is 1. The maximum absolute atomic E-state index is 11.2. The molecule has 0 bridgehead atoms. The lowest BCUT2D eigenvalue weighted by molar-refractivity contribution is 0.445. The van der Waals surface area contributed by atoms with Gasteiger partial charge in [0, 0.05) is 13.1 Å². The summed E-state index contributed by atoms with van der Waals surface area (Å²) >= 11 is 5.30. The van der Waals surface area contributed by atoms with Gasteiger partial charge in [0.2, 0.25) is 10.0 Å². The van der Waals surface area contributed by atoms with E-state index in [0.29, 0.717) is 13.1 Å². The van der Waals surface area contributed by atoms with Crippen LogP contribution in [-0.2, 0) is 10.0 Å². The normalized spacial score (nSPS) is 11.9. The summed E-state index contributed by atoms with van der Waals surface area (Å²) < 4.78 is 23.8. The molecule has 0 amide bonds. The minimum Gasteiger partial charge on any atom is -0.211 e. The molecule has 0 heterocycles. The average molecular weight is 212 g/mol. The third kappa shape index (κ3) is 3.56. The lowest BCUT2D eigenvalue weighted by Gasteiger charge is -2.17. The summed E-state index contributed by atoms with van der Waals surface area (Å²) in [5, 5.41) is -0.360. The highest BCUT2D eigenvalue weighted by atomic mass is 35.5. The van der Waals surface area contributed by atoms with Gasteiger partial charge in [0.15, 0.2) is 0 Å². The third-order valence-corrected chi connectivity index (χ3v) is 3.56. The van der Waals surface area contributed by atoms with E-state index >= 15 is 0 Å². The average Bonchev–Trinajstić information content (AvgIpc) is 2.04. The number of sulfonamides is 1. The van der Waals surface area contributed by atoms with Gasteiger partial charge in [0.1, 0.15) is 5.21 Å². The molecule has 0 rings (SSSR count). The monoisotopic (exact) mass is 211 g/mol. The summed E-state index contributed by atoms with van der Waals surface area (Å²) in [7, 11) is -3.26. The predicted molar refractivity (Wildman–Crippen MR) is 51.7 cm³/mol. The van der Waals surface area contributed by atoms with Gasteiger partial charge in [-0.05, 0) is 6.42 Å². The van der Waals surface area contributed by atoms with E-state index < -0.39 is 10.0 Å². The lowest BCUT2D eigenvalue weighted by Crippen LogP contribution is -2.32. The Labute approximate surface area is 79.1 Å². The Kier molecular flexibility index (Phi) is 5.53. The van der Waals surface area contributed by atoms with E-state index in [2.05, 4.69) is 6.58 Å². The van der Waals surface area contributed by atoms with Gasteiger partial charge in [0.25, 0.3) is 0 Å². The highest BCUT2D eigenvalue weighted by Crippen LogP contribution is 2.04. The lowest BCUT2D eigenvalue weighted by atomic mass is 10.5. The van der Waals surface area contributed by atoms with Gasteiger partial charge in [-0.25, -0.2) is 8.42 Å². The molecule has 0 aromatic rings. The van der Waals surface area contributed by atoms with Gasteiger partial charge < -0.3 is 0 Å². The zero-order valence-electron chi connectivity index (χ0n) is 7.16. The van der Waals surface area contributed by atoms with E-state index in [0.717, 1.165) is 6.42 Å². The highest BCUT2D eigenvalue weighted by Gasteiger charge is 2.17. The summed E-state index contributed by atoms with van der Waals surface area (Å²) in [6.07, 6.45) is 2.34. The number of rotatable bonds is 6. The Morgan fingerprint density at radius 1 is 1.58 bits per heavy atom. The molecule has 0 saturated carbocycles. The van der Waals surface area contributed by atoms with E-state index in [-0.39, 0.29) is 5.21 Å². The Bertz CT molecular complexity index is 226. The summed E-state index contributed by atoms with van der Waals surface area (Å²) in [6.45, 7) is 6.24. The van der Waals surface area contributed by atoms with E-state index in [1.165, 1.54) is 4.31 Å². The van der Waals surface area contributed by atoms with Crippen LogP contribution in [0.15, 0.2) is 12.7 Å². The van der Waals surface area contributed by atoms with Crippen LogP contribution in [0.1, 0.15) is 13.3 Å². The van der Waals surface area contributed by atoms with Crippen LogP contribution in [0.4, 0.5) is 0 Å². The topological polar surface area (TPSA) is 37.4 Å². The minimum absolute atomic E-state index is 0.336. The quantitative estimate of drug-likeness (QED) is 0.492. The van der Waals surface area contributed by atoms with Crippen molar-refractivity contribution in [1.82, 2.24) is 4.31 Å². The molecule has 72 valence electrons. The molecular formula is C7H14ClNO2S. The molecule has 0 aromatic carbocycles. The number of alkyl halides is 1. The zero-order chi connectivity index (χ0) is 9.61. The van der Waals surface area contributed by atoms with Gasteiger partial charge in [-0.15, -0.1) is 18.2 Å². The van der Waals surface area contributed by atoms with E-state index in [1.54, 1.807) is 6.08 Å². The first-order chi connectivity index (χ1) is 5.58. The molecular weight excluding hydrogens is 198 g/mol. The molecule has 0 aliphatic heterocycles. The Morgan fingerprint density at radius 3 is 2.50 bits per heavy atom. The summed E-state index contributed by atoms with van der Waals surface area (Å²) in [4.78, 5) is 0. The van der Waals surface area contributed by atoms with Gasteiger partial charge in [-0.2, -0.15) is 4.31 Å². The second-order valence-corrected chi connectivity index (χ2v) is 4.92. The molecule has 0 aliphatic carbocycles. The fourth-order valence-corrected chi connectivity index (χ4v) is 2.15. The smallest absolute Gasteiger partial charge is 0.211 e. The van der Waals surface area contributed by atoms with Gasteiger partial charge in [0.05, 0.1) is 0 Å². The van der Waals surface area contributed by atoms with Crippen molar-refractivity contribution >= 4 is 21.6 Å². The minimum atomic E-state index is -3.26. The van der Waals surface area contributed by atoms with Crippen LogP contribution in [0.2, 0.25) is 0 Å². The second kappa shape index (κ2) is 5.56. The molecule has 0 N–H and O–H groups in total. The zero-order valence-corrected chi connectivity index (χ0v) is 8.74. The van der Waals surface area contributed by atoms with Crippen molar-refractivity contribution < 1.29 is 8.42 Å². The Balaban J connectivity index is 4.38. The maximum Gasteiger partial charge on any atom is 0.228 e. The summed E-state index contributed by atoms with van der Waals surface area (Å²) in [6, 6.07) is 0. The molecule has 0 unspecified atom stereocenters. The van der Waals surface area contributed by atoms with Crippen molar-refractivity contribution in [2.24, 2.45) is 0 Å². The van der Waals surface area contributed by atoms with Crippen LogP contribution in [0.3, 0.4) is 0 Å². The molecule has 0 atom stereocenters. The third-order valence-electron chi connectivity index (χ3n) is 1.34. The summed E-state index contributed by atoms with van der Waals surface area (Å²) in [5.41, 5.74) is 0. The molecule has 3 nitrogen and oxygen atoms in total. The van der Waals surface area contributed by atoms with Crippen molar-refractivity contribution in [3.63, 3.8) is 0 Å². The van der Waals surface area contributed by atoms with E-state index in [1.807, 2.05) is 6.92 Å². The van der Waals surface area contributed by atoms with E-state index in [9.17, 15) is 8.42 Å². The maximum atomic E-state index is 11.2. The van der Waals surface area contributed by atoms with Crippen molar-refractivity contribution in [3.8, 4) is 0 Å². The van der Waals surface area contributed by atoms with Crippen molar-refractivity contribution in [2.75, 3.05) is 18.3 Å². The van der Waals surface area contributed by atoms with Crippen LogP contribution < -0.4 is 0 Å². The first-order valence-corrected chi connectivity index (χ1v) is 5.87. The van der Waals surface area contributed by atoms with Crippen LogP contribution >= 0.6 is 11.6 Å². The fraction of sp³-hybridized carbons (Fsp3) is 0.714. The predicted octanol–water partition coefficient (Wildman–Crippen LogP) is 1.41. The first-order valence-electron chi connectivity index (χ1n) is 3.73. The highest BCUT2D eigenvalue weighted by molar-refractivity contribution is 7.90.